The van der Waals surface area contributed by atoms with Gasteiger partial charge in [-0.1, -0.05) is 44.2 Å². The van der Waals surface area contributed by atoms with Gasteiger partial charge in [-0.05, 0) is 30.7 Å². The third kappa shape index (κ3) is 6.93. The molecular formula is C21H30IN3O2. The van der Waals surface area contributed by atoms with E-state index in [0.717, 1.165) is 24.6 Å². The topological polar surface area (TPSA) is 65.9 Å². The molecular weight excluding hydrogens is 453 g/mol. The van der Waals surface area contributed by atoms with Gasteiger partial charge in [0.15, 0.2) is 5.96 Å². The van der Waals surface area contributed by atoms with Gasteiger partial charge >= 0.3 is 0 Å². The van der Waals surface area contributed by atoms with Crippen molar-refractivity contribution >= 4 is 29.9 Å². The standard InChI is InChI=1S/C21H29N3O2.HI/c1-5-22-20(23-14-16-13-18(26-4)11-12-19(16)25)24-15-21(2,3)17-9-7-6-8-10-17;/h6-13,25H,5,14-15H2,1-4H3,(H2,22,23,24);1H. The van der Waals surface area contributed by atoms with Crippen molar-refractivity contribution in [1.29, 1.82) is 0 Å². The molecule has 0 unspecified atom stereocenters. The van der Waals surface area contributed by atoms with Crippen LogP contribution in [0.25, 0.3) is 0 Å². The number of nitrogens with zero attached hydrogens (tertiary/aromatic N) is 1. The number of aromatic hydroxyl groups is 1. The molecule has 0 spiro atoms. The van der Waals surface area contributed by atoms with Gasteiger partial charge in [0.05, 0.1) is 13.7 Å². The second-order valence-corrected chi connectivity index (χ2v) is 6.79. The Bertz CT molecular complexity index is 733. The van der Waals surface area contributed by atoms with Crippen LogP contribution >= 0.6 is 24.0 Å². The molecule has 0 fully saturated rings. The highest BCUT2D eigenvalue weighted by Gasteiger charge is 2.20. The van der Waals surface area contributed by atoms with Gasteiger partial charge in [-0.25, -0.2) is 4.99 Å². The molecule has 0 saturated carbocycles. The van der Waals surface area contributed by atoms with Gasteiger partial charge in [-0.2, -0.15) is 0 Å². The summed E-state index contributed by atoms with van der Waals surface area (Å²) < 4.78 is 5.21. The summed E-state index contributed by atoms with van der Waals surface area (Å²) >= 11 is 0. The minimum atomic E-state index is -0.0322. The van der Waals surface area contributed by atoms with E-state index in [1.165, 1.54) is 5.56 Å². The first kappa shape index (κ1) is 23.1. The van der Waals surface area contributed by atoms with Crippen LogP contribution in [0.1, 0.15) is 31.9 Å². The smallest absolute Gasteiger partial charge is 0.191 e. The van der Waals surface area contributed by atoms with Gasteiger partial charge < -0.3 is 20.5 Å². The average Bonchev–Trinajstić information content (AvgIpc) is 2.66. The molecule has 6 heteroatoms. The largest absolute Gasteiger partial charge is 0.508 e. The van der Waals surface area contributed by atoms with Crippen LogP contribution in [-0.4, -0.2) is 31.3 Å². The van der Waals surface area contributed by atoms with Crippen LogP contribution in [0, 0.1) is 0 Å². The Morgan fingerprint density at radius 1 is 1.11 bits per heavy atom. The van der Waals surface area contributed by atoms with Crippen molar-refractivity contribution in [3.8, 4) is 11.5 Å². The number of rotatable bonds is 7. The molecule has 0 aliphatic rings. The zero-order valence-electron chi connectivity index (χ0n) is 16.5. The van der Waals surface area contributed by atoms with Gasteiger partial charge in [-0.15, -0.1) is 24.0 Å². The molecule has 2 rings (SSSR count). The van der Waals surface area contributed by atoms with Gasteiger partial charge in [0.2, 0.25) is 0 Å². The fourth-order valence-electron chi connectivity index (χ4n) is 2.62. The lowest BCUT2D eigenvalue weighted by atomic mass is 9.85. The molecule has 0 atom stereocenters. The maximum atomic E-state index is 10.0. The molecule has 0 heterocycles. The second-order valence-electron chi connectivity index (χ2n) is 6.79. The molecule has 0 saturated heterocycles. The number of guanidine groups is 1. The summed E-state index contributed by atoms with van der Waals surface area (Å²) in [6.07, 6.45) is 0. The number of nitrogens with one attached hydrogen (secondary N) is 2. The third-order valence-corrected chi connectivity index (χ3v) is 4.29. The summed E-state index contributed by atoms with van der Waals surface area (Å²) in [5.41, 5.74) is 1.97. The number of aliphatic imine (C=N–C) groups is 1. The van der Waals surface area contributed by atoms with Crippen LogP contribution in [0.15, 0.2) is 53.5 Å². The summed E-state index contributed by atoms with van der Waals surface area (Å²) in [5.74, 6) is 1.64. The highest BCUT2D eigenvalue weighted by atomic mass is 127. The molecule has 0 bridgehead atoms. The predicted molar refractivity (Wildman–Crippen MR) is 122 cm³/mol. The van der Waals surface area contributed by atoms with Crippen molar-refractivity contribution in [2.24, 2.45) is 4.99 Å². The van der Waals surface area contributed by atoms with E-state index in [4.69, 9.17) is 4.74 Å². The maximum absolute atomic E-state index is 10.0. The monoisotopic (exact) mass is 483 g/mol. The number of methoxy groups -OCH3 is 1. The maximum Gasteiger partial charge on any atom is 0.191 e. The number of phenolic OH excluding ortho intramolecular Hbond substituents is 1. The molecule has 2 aromatic carbocycles. The number of hydrogen-bond donors (Lipinski definition) is 3. The quantitative estimate of drug-likeness (QED) is 0.316. The van der Waals surface area contributed by atoms with Crippen molar-refractivity contribution in [3.63, 3.8) is 0 Å². The number of phenols is 1. The van der Waals surface area contributed by atoms with E-state index in [2.05, 4.69) is 53.7 Å². The molecule has 27 heavy (non-hydrogen) atoms. The summed E-state index contributed by atoms with van der Waals surface area (Å²) in [6.45, 7) is 8.31. The minimum Gasteiger partial charge on any atom is -0.508 e. The lowest BCUT2D eigenvalue weighted by Crippen LogP contribution is -2.43. The first-order valence-electron chi connectivity index (χ1n) is 8.90. The van der Waals surface area contributed by atoms with E-state index in [1.54, 1.807) is 25.3 Å². The average molecular weight is 483 g/mol. The van der Waals surface area contributed by atoms with Crippen molar-refractivity contribution < 1.29 is 9.84 Å². The van der Waals surface area contributed by atoms with Gasteiger partial charge in [-0.3, -0.25) is 0 Å². The molecule has 0 amide bonds. The Labute approximate surface area is 179 Å². The zero-order valence-corrected chi connectivity index (χ0v) is 18.8. The van der Waals surface area contributed by atoms with Crippen LogP contribution in [0.5, 0.6) is 11.5 Å². The Morgan fingerprint density at radius 3 is 2.44 bits per heavy atom. The number of ether oxygens (including phenoxy) is 1. The lowest BCUT2D eigenvalue weighted by Gasteiger charge is -2.26. The van der Waals surface area contributed by atoms with E-state index in [1.807, 2.05) is 13.0 Å². The normalized spacial score (nSPS) is 11.5. The molecule has 3 N–H and O–H groups in total. The molecule has 0 aliphatic heterocycles. The Hall–Kier alpha value is -1.96. The molecule has 0 aliphatic carbocycles. The first-order chi connectivity index (χ1) is 12.5. The Morgan fingerprint density at radius 2 is 1.81 bits per heavy atom. The fraction of sp³-hybridized carbons (Fsp3) is 0.381. The molecule has 0 radical (unpaired) electrons. The van der Waals surface area contributed by atoms with Gasteiger partial charge in [0.1, 0.15) is 11.5 Å². The molecule has 5 nitrogen and oxygen atoms in total. The molecule has 2 aromatic rings. The van der Waals surface area contributed by atoms with E-state index in [9.17, 15) is 5.11 Å². The Balaban J connectivity index is 0.00000364. The number of halogens is 1. The molecule has 0 aromatic heterocycles. The van der Waals surface area contributed by atoms with Crippen LogP contribution in [-0.2, 0) is 12.0 Å². The van der Waals surface area contributed by atoms with Crippen molar-refractivity contribution in [3.05, 3.63) is 59.7 Å². The van der Waals surface area contributed by atoms with E-state index >= 15 is 0 Å². The van der Waals surface area contributed by atoms with Gasteiger partial charge in [0.25, 0.3) is 0 Å². The predicted octanol–water partition coefficient (Wildman–Crippen LogP) is 4.05. The number of benzene rings is 2. The highest BCUT2D eigenvalue weighted by molar-refractivity contribution is 14.0. The summed E-state index contributed by atoms with van der Waals surface area (Å²) in [7, 11) is 1.61. The van der Waals surface area contributed by atoms with Gasteiger partial charge in [0, 0.05) is 24.1 Å². The first-order valence-corrected chi connectivity index (χ1v) is 8.90. The minimum absolute atomic E-state index is 0. The van der Waals surface area contributed by atoms with Crippen LogP contribution in [0.4, 0.5) is 0 Å². The van der Waals surface area contributed by atoms with E-state index in [-0.39, 0.29) is 35.1 Å². The third-order valence-electron chi connectivity index (χ3n) is 4.29. The zero-order chi connectivity index (χ0) is 19.0. The Kier molecular flexibility index (Phi) is 9.41. The van der Waals surface area contributed by atoms with Crippen LogP contribution < -0.4 is 15.4 Å². The van der Waals surface area contributed by atoms with Crippen LogP contribution in [0.2, 0.25) is 0 Å². The second kappa shape index (κ2) is 11.0. The van der Waals surface area contributed by atoms with E-state index in [0.29, 0.717) is 12.3 Å². The molecule has 148 valence electrons. The lowest BCUT2D eigenvalue weighted by molar-refractivity contribution is 0.411. The van der Waals surface area contributed by atoms with Crippen LogP contribution in [0.3, 0.4) is 0 Å². The number of hydrogen-bond acceptors (Lipinski definition) is 3. The fourth-order valence-corrected chi connectivity index (χ4v) is 2.62. The summed E-state index contributed by atoms with van der Waals surface area (Å²) in [6, 6.07) is 15.6. The van der Waals surface area contributed by atoms with Crippen molar-refractivity contribution in [2.75, 3.05) is 20.2 Å². The van der Waals surface area contributed by atoms with Crippen molar-refractivity contribution in [2.45, 2.75) is 32.7 Å². The van der Waals surface area contributed by atoms with E-state index < -0.39 is 0 Å². The SMILES string of the molecule is CCNC(=NCc1cc(OC)ccc1O)NCC(C)(C)c1ccccc1.I. The van der Waals surface area contributed by atoms with Crippen molar-refractivity contribution in [1.82, 2.24) is 10.6 Å². The highest BCUT2D eigenvalue weighted by Crippen LogP contribution is 2.24. The summed E-state index contributed by atoms with van der Waals surface area (Å²) in [5, 5.41) is 16.7. The summed E-state index contributed by atoms with van der Waals surface area (Å²) in [4.78, 5) is 4.60.